The van der Waals surface area contributed by atoms with E-state index in [0.29, 0.717) is 0 Å². The van der Waals surface area contributed by atoms with E-state index in [4.69, 9.17) is 9.47 Å². The first-order chi connectivity index (χ1) is 20.1. The number of carboxylic acid groups (broad SMARTS) is 1. The van der Waals surface area contributed by atoms with E-state index in [1.807, 2.05) is 83.1 Å². The molecular formula is C35H65N3O8. The Morgan fingerprint density at radius 1 is 0.609 bits per heavy atom. The molecule has 11 nitrogen and oxygen atoms in total. The van der Waals surface area contributed by atoms with Gasteiger partial charge in [0.2, 0.25) is 5.91 Å². The van der Waals surface area contributed by atoms with Crippen molar-refractivity contribution in [3.63, 3.8) is 0 Å². The molecule has 3 N–H and O–H groups in total. The second-order valence-corrected chi connectivity index (χ2v) is 19.0. The molecule has 0 rings (SSSR count). The average Bonchev–Trinajstić information content (AvgIpc) is 2.70. The summed E-state index contributed by atoms with van der Waals surface area (Å²) >= 11 is 0. The van der Waals surface area contributed by atoms with Crippen LogP contribution >= 0.6 is 0 Å². The number of carbonyl (C=O) groups is 5. The Bertz CT molecular complexity index is 1080. The maximum Gasteiger partial charge on any atom is 0.417 e. The van der Waals surface area contributed by atoms with E-state index in [-0.39, 0.29) is 12.8 Å². The molecule has 0 aromatic heterocycles. The van der Waals surface area contributed by atoms with Crippen LogP contribution in [0.1, 0.15) is 137 Å². The van der Waals surface area contributed by atoms with Gasteiger partial charge in [0.1, 0.15) is 29.3 Å². The third-order valence-corrected chi connectivity index (χ3v) is 6.79. The van der Waals surface area contributed by atoms with Crippen molar-refractivity contribution in [3.8, 4) is 0 Å². The lowest BCUT2D eigenvalue weighted by molar-refractivity contribution is -0.150. The molecule has 0 unspecified atom stereocenters. The highest BCUT2D eigenvalue weighted by molar-refractivity contribution is 6.02. The summed E-state index contributed by atoms with van der Waals surface area (Å²) in [5, 5.41) is 15.4. The maximum absolute atomic E-state index is 14.8. The molecule has 0 aliphatic carbocycles. The van der Waals surface area contributed by atoms with Crippen LogP contribution in [0.2, 0.25) is 0 Å². The zero-order valence-corrected chi connectivity index (χ0v) is 32.0. The normalized spacial score (nSPS) is 15.4. The highest BCUT2D eigenvalue weighted by Crippen LogP contribution is 2.44. The molecule has 0 spiro atoms. The number of amides is 4. The molecule has 3 atom stereocenters. The number of hydrogen-bond acceptors (Lipinski definition) is 7. The van der Waals surface area contributed by atoms with Gasteiger partial charge < -0.3 is 25.2 Å². The lowest BCUT2D eigenvalue weighted by Gasteiger charge is -2.48. The van der Waals surface area contributed by atoms with Crippen molar-refractivity contribution in [2.24, 2.45) is 27.6 Å². The van der Waals surface area contributed by atoms with Crippen molar-refractivity contribution in [1.29, 1.82) is 0 Å². The Hall–Kier alpha value is -2.85. The first kappa shape index (κ1) is 43.1. The van der Waals surface area contributed by atoms with Crippen LogP contribution in [0, 0.1) is 27.6 Å². The zero-order valence-electron chi connectivity index (χ0n) is 32.0. The van der Waals surface area contributed by atoms with E-state index in [9.17, 15) is 29.1 Å². The Morgan fingerprint density at radius 3 is 1.33 bits per heavy atom. The van der Waals surface area contributed by atoms with E-state index < -0.39 is 86.9 Å². The molecule has 46 heavy (non-hydrogen) atoms. The molecule has 0 aromatic carbocycles. The molecule has 268 valence electrons. The van der Waals surface area contributed by atoms with Gasteiger partial charge in [-0.25, -0.2) is 19.3 Å². The number of rotatable bonds is 9. The average molecular weight is 656 g/mol. The van der Waals surface area contributed by atoms with Crippen LogP contribution in [0.3, 0.4) is 0 Å². The van der Waals surface area contributed by atoms with Gasteiger partial charge in [0.15, 0.2) is 0 Å². The number of alkyl carbamates (subject to hydrolysis) is 1. The minimum atomic E-state index is -1.51. The van der Waals surface area contributed by atoms with Crippen LogP contribution in [0.5, 0.6) is 0 Å². The predicted octanol–water partition coefficient (Wildman–Crippen LogP) is 7.16. The van der Waals surface area contributed by atoms with Gasteiger partial charge in [-0.2, -0.15) is 0 Å². The summed E-state index contributed by atoms with van der Waals surface area (Å²) in [5.74, 6) is -3.61. The molecule has 0 heterocycles. The van der Waals surface area contributed by atoms with Crippen molar-refractivity contribution in [3.05, 3.63) is 0 Å². The van der Waals surface area contributed by atoms with Gasteiger partial charge in [0, 0.05) is 0 Å². The van der Waals surface area contributed by atoms with E-state index in [1.165, 1.54) is 0 Å². The lowest BCUT2D eigenvalue weighted by Crippen LogP contribution is -2.65. The van der Waals surface area contributed by atoms with Crippen LogP contribution in [0.4, 0.5) is 9.59 Å². The Labute approximate surface area is 278 Å². The van der Waals surface area contributed by atoms with Crippen molar-refractivity contribution >= 4 is 30.0 Å². The highest BCUT2D eigenvalue weighted by atomic mass is 16.6. The number of carbonyl (C=O) groups excluding carboxylic acids is 4. The van der Waals surface area contributed by atoms with Crippen LogP contribution in [-0.2, 0) is 23.9 Å². The van der Waals surface area contributed by atoms with Crippen LogP contribution < -0.4 is 10.6 Å². The lowest BCUT2D eigenvalue weighted by atomic mass is 9.62. The fraction of sp³-hybridized carbons (Fsp3) is 0.857. The first-order valence-electron chi connectivity index (χ1n) is 16.1. The number of aliphatic carboxylic acids is 1. The standard InChI is InChI=1S/C35H65N3O8/c1-30(2,3)19-21(37-28(43)45-34(13,14)15)26(40)38(29(44)46-35(16,17)18)23(24(32(7,8)9)33(10,11)12)25(39)36-22(27(41)42)20-31(4,5)6/h21-24H,19-20H2,1-18H3,(H,36,39)(H,37,43)(H,41,42)/t21-,22+,23-/m1/s1. The van der Waals surface area contributed by atoms with Gasteiger partial charge in [-0.15, -0.1) is 0 Å². The molecule has 0 radical (unpaired) electrons. The maximum atomic E-state index is 14.8. The summed E-state index contributed by atoms with van der Waals surface area (Å²) in [6.07, 6.45) is -1.75. The smallest absolute Gasteiger partial charge is 0.417 e. The SMILES string of the molecule is CC(C)(C)C[C@H](NC(=O)[C@@H](C(C(C)(C)C)C(C)(C)C)N(C(=O)OC(C)(C)C)C(=O)[C@@H](CC(C)(C)C)NC(=O)OC(C)(C)C)C(=O)O. The largest absolute Gasteiger partial charge is 0.480 e. The molecular weight excluding hydrogens is 590 g/mol. The van der Waals surface area contributed by atoms with E-state index in [0.717, 1.165) is 4.90 Å². The molecule has 0 bridgehead atoms. The summed E-state index contributed by atoms with van der Waals surface area (Å²) in [4.78, 5) is 69.7. The van der Waals surface area contributed by atoms with Gasteiger partial charge in [0.25, 0.3) is 5.91 Å². The van der Waals surface area contributed by atoms with Crippen molar-refractivity contribution in [1.82, 2.24) is 15.5 Å². The van der Waals surface area contributed by atoms with Crippen LogP contribution in [0.15, 0.2) is 0 Å². The number of carboxylic acids is 1. The zero-order chi connectivity index (χ0) is 37.0. The summed E-state index contributed by atoms with van der Waals surface area (Å²) in [6.45, 7) is 32.6. The number of nitrogens with one attached hydrogen (secondary N) is 2. The quantitative estimate of drug-likeness (QED) is 0.237. The van der Waals surface area contributed by atoms with Crippen LogP contribution in [-0.4, -0.2) is 69.3 Å². The minimum Gasteiger partial charge on any atom is -0.480 e. The third kappa shape index (κ3) is 15.6. The number of hydrogen-bond donors (Lipinski definition) is 3. The molecule has 0 aliphatic heterocycles. The summed E-state index contributed by atoms with van der Waals surface area (Å²) in [6, 6.07) is -4.09. The van der Waals surface area contributed by atoms with Gasteiger partial charge in [-0.3, -0.25) is 9.59 Å². The Balaban J connectivity index is 7.69. The molecule has 0 fully saturated rings. The van der Waals surface area contributed by atoms with Gasteiger partial charge >= 0.3 is 18.2 Å². The van der Waals surface area contributed by atoms with Crippen LogP contribution in [0.25, 0.3) is 0 Å². The summed E-state index contributed by atoms with van der Waals surface area (Å²) in [5.41, 5.74) is -4.25. The number of ether oxygens (including phenoxy) is 2. The predicted molar refractivity (Wildman–Crippen MR) is 180 cm³/mol. The summed E-state index contributed by atoms with van der Waals surface area (Å²) in [7, 11) is 0. The van der Waals surface area contributed by atoms with E-state index >= 15 is 0 Å². The van der Waals surface area contributed by atoms with Gasteiger partial charge in [0.05, 0.1) is 0 Å². The number of imide groups is 1. The van der Waals surface area contributed by atoms with E-state index in [1.54, 1.807) is 41.5 Å². The third-order valence-electron chi connectivity index (χ3n) is 6.79. The summed E-state index contributed by atoms with van der Waals surface area (Å²) < 4.78 is 11.2. The first-order valence-corrected chi connectivity index (χ1v) is 16.1. The molecule has 0 aliphatic rings. The molecule has 0 aromatic rings. The van der Waals surface area contributed by atoms with E-state index in [2.05, 4.69) is 10.6 Å². The molecule has 0 saturated heterocycles. The number of nitrogens with zero attached hydrogens (tertiary/aromatic N) is 1. The van der Waals surface area contributed by atoms with Crippen molar-refractivity contribution < 1.29 is 38.6 Å². The van der Waals surface area contributed by atoms with Gasteiger partial charge in [-0.05, 0) is 82.0 Å². The second kappa shape index (κ2) is 14.9. The molecule has 11 heteroatoms. The topological polar surface area (TPSA) is 151 Å². The second-order valence-electron chi connectivity index (χ2n) is 19.0. The fourth-order valence-corrected chi connectivity index (χ4v) is 5.82. The van der Waals surface area contributed by atoms with Gasteiger partial charge in [-0.1, -0.05) is 83.1 Å². The molecule has 4 amide bonds. The van der Waals surface area contributed by atoms with Crippen molar-refractivity contribution in [2.45, 2.75) is 167 Å². The van der Waals surface area contributed by atoms with Crippen molar-refractivity contribution in [2.75, 3.05) is 0 Å². The monoisotopic (exact) mass is 655 g/mol. The Morgan fingerprint density at radius 2 is 1.00 bits per heavy atom. The minimum absolute atomic E-state index is 0.0934. The highest BCUT2D eigenvalue weighted by Gasteiger charge is 2.52. The fourth-order valence-electron chi connectivity index (χ4n) is 5.82. The Kier molecular flexibility index (Phi) is 14.0. The molecule has 0 saturated carbocycles.